The zero-order chi connectivity index (χ0) is 11.5. The third-order valence-corrected chi connectivity index (χ3v) is 3.28. The molecule has 0 amide bonds. The number of aryl methyl sites for hydroxylation is 1. The summed E-state index contributed by atoms with van der Waals surface area (Å²) >= 11 is 1.21. The summed E-state index contributed by atoms with van der Waals surface area (Å²) in [6.45, 7) is 2.04. The van der Waals surface area contributed by atoms with E-state index in [9.17, 15) is 4.79 Å². The van der Waals surface area contributed by atoms with E-state index in [2.05, 4.69) is 10.2 Å². The van der Waals surface area contributed by atoms with Crippen LogP contribution in [0.25, 0.3) is 10.6 Å². The van der Waals surface area contributed by atoms with Gasteiger partial charge in [-0.15, -0.1) is 16.4 Å². The molecule has 1 N–H and O–H groups in total. The van der Waals surface area contributed by atoms with E-state index in [1.165, 1.54) is 11.3 Å². The number of hydrogen-bond acceptors (Lipinski definition) is 4. The zero-order valence-electron chi connectivity index (χ0n) is 8.67. The highest BCUT2D eigenvalue weighted by atomic mass is 32.1. The van der Waals surface area contributed by atoms with Crippen LogP contribution in [0.2, 0.25) is 0 Å². The van der Waals surface area contributed by atoms with Crippen molar-refractivity contribution in [2.75, 3.05) is 0 Å². The van der Waals surface area contributed by atoms with Gasteiger partial charge >= 0.3 is 5.97 Å². The smallest absolute Gasteiger partial charge is 0.345 e. The number of carbonyl (C=O) groups is 1. The molecule has 0 unspecified atom stereocenters. The molecule has 2 rings (SSSR count). The van der Waals surface area contributed by atoms with Crippen LogP contribution in [0.5, 0.6) is 0 Å². The first-order chi connectivity index (χ1) is 7.70. The standard InChI is InChI=1S/C11H10N2O2S/c1-2-7-5-8(13-12-6-7)9-3-4-10(16-9)11(14)15/h3-6H,2H2,1H3,(H,14,15). The van der Waals surface area contributed by atoms with Crippen LogP contribution in [0, 0.1) is 0 Å². The molecule has 0 aliphatic heterocycles. The lowest BCUT2D eigenvalue weighted by molar-refractivity contribution is 0.0702. The number of carboxylic acid groups (broad SMARTS) is 1. The molecule has 0 atom stereocenters. The first-order valence-electron chi connectivity index (χ1n) is 4.86. The van der Waals surface area contributed by atoms with Crippen LogP contribution in [0.1, 0.15) is 22.2 Å². The molecule has 0 bridgehead atoms. The van der Waals surface area contributed by atoms with Crippen molar-refractivity contribution in [2.24, 2.45) is 0 Å². The van der Waals surface area contributed by atoms with E-state index in [0.717, 1.165) is 22.6 Å². The quantitative estimate of drug-likeness (QED) is 0.886. The molecule has 0 spiro atoms. The molecule has 0 fully saturated rings. The van der Waals surface area contributed by atoms with Crippen molar-refractivity contribution in [3.05, 3.63) is 34.8 Å². The highest BCUT2D eigenvalue weighted by molar-refractivity contribution is 7.17. The van der Waals surface area contributed by atoms with Gasteiger partial charge in [-0.05, 0) is 30.2 Å². The Labute approximate surface area is 96.6 Å². The molecular weight excluding hydrogens is 224 g/mol. The van der Waals surface area contributed by atoms with Crippen LogP contribution in [0.4, 0.5) is 0 Å². The monoisotopic (exact) mass is 234 g/mol. The van der Waals surface area contributed by atoms with Crippen molar-refractivity contribution in [1.82, 2.24) is 10.2 Å². The summed E-state index contributed by atoms with van der Waals surface area (Å²) in [6.07, 6.45) is 2.61. The fraction of sp³-hybridized carbons (Fsp3) is 0.182. The number of rotatable bonds is 3. The molecule has 2 heterocycles. The number of nitrogens with zero attached hydrogens (tertiary/aromatic N) is 2. The Morgan fingerprint density at radius 1 is 1.50 bits per heavy atom. The number of hydrogen-bond donors (Lipinski definition) is 1. The van der Waals surface area contributed by atoms with E-state index in [0.29, 0.717) is 4.88 Å². The van der Waals surface area contributed by atoms with Gasteiger partial charge in [0.25, 0.3) is 0 Å². The normalized spacial score (nSPS) is 10.3. The highest BCUT2D eigenvalue weighted by Crippen LogP contribution is 2.26. The molecule has 0 saturated heterocycles. The van der Waals surface area contributed by atoms with Gasteiger partial charge < -0.3 is 5.11 Å². The van der Waals surface area contributed by atoms with E-state index in [1.54, 1.807) is 18.3 Å². The summed E-state index contributed by atoms with van der Waals surface area (Å²) in [4.78, 5) is 11.9. The molecule has 0 aromatic carbocycles. The number of aromatic carboxylic acids is 1. The van der Waals surface area contributed by atoms with Gasteiger partial charge in [0.1, 0.15) is 10.6 Å². The van der Waals surface area contributed by atoms with Crippen molar-refractivity contribution in [3.8, 4) is 10.6 Å². The minimum atomic E-state index is -0.907. The zero-order valence-corrected chi connectivity index (χ0v) is 9.49. The highest BCUT2D eigenvalue weighted by Gasteiger charge is 2.09. The summed E-state index contributed by atoms with van der Waals surface area (Å²) in [7, 11) is 0. The van der Waals surface area contributed by atoms with Crippen molar-refractivity contribution >= 4 is 17.3 Å². The molecule has 5 heteroatoms. The van der Waals surface area contributed by atoms with Crippen LogP contribution < -0.4 is 0 Å². The summed E-state index contributed by atoms with van der Waals surface area (Å²) in [5.74, 6) is -0.907. The average molecular weight is 234 g/mol. The van der Waals surface area contributed by atoms with E-state index >= 15 is 0 Å². The van der Waals surface area contributed by atoms with Crippen LogP contribution in [-0.4, -0.2) is 21.3 Å². The van der Waals surface area contributed by atoms with Gasteiger partial charge in [-0.1, -0.05) is 6.92 Å². The fourth-order valence-electron chi connectivity index (χ4n) is 1.31. The SMILES string of the molecule is CCc1cnnc(-c2ccc(C(=O)O)s2)c1. The maximum absolute atomic E-state index is 10.7. The average Bonchev–Trinajstić information content (AvgIpc) is 2.78. The Morgan fingerprint density at radius 3 is 2.94 bits per heavy atom. The van der Waals surface area contributed by atoms with E-state index in [4.69, 9.17) is 5.11 Å². The predicted octanol–water partition coefficient (Wildman–Crippen LogP) is 2.47. The summed E-state index contributed by atoms with van der Waals surface area (Å²) in [6, 6.07) is 5.28. The second kappa shape index (κ2) is 4.40. The molecule has 0 radical (unpaired) electrons. The van der Waals surface area contributed by atoms with Crippen molar-refractivity contribution in [2.45, 2.75) is 13.3 Å². The predicted molar refractivity (Wildman–Crippen MR) is 61.7 cm³/mol. The van der Waals surface area contributed by atoms with Gasteiger partial charge in [-0.2, -0.15) is 5.10 Å². The van der Waals surface area contributed by atoms with E-state index in [-0.39, 0.29) is 0 Å². The second-order valence-corrected chi connectivity index (χ2v) is 4.36. The molecule has 2 aromatic heterocycles. The summed E-state index contributed by atoms with van der Waals surface area (Å²) in [5.41, 5.74) is 1.83. The minimum absolute atomic E-state index is 0.318. The lowest BCUT2D eigenvalue weighted by atomic mass is 10.2. The van der Waals surface area contributed by atoms with Crippen LogP contribution >= 0.6 is 11.3 Å². The van der Waals surface area contributed by atoms with E-state index in [1.807, 2.05) is 13.0 Å². The third kappa shape index (κ3) is 2.09. The molecule has 0 aliphatic carbocycles. The number of aromatic nitrogens is 2. The summed E-state index contributed by atoms with van der Waals surface area (Å²) in [5, 5.41) is 16.7. The van der Waals surface area contributed by atoms with Crippen LogP contribution in [-0.2, 0) is 6.42 Å². The lowest BCUT2D eigenvalue weighted by Gasteiger charge is -1.98. The third-order valence-electron chi connectivity index (χ3n) is 2.19. The molecule has 16 heavy (non-hydrogen) atoms. The fourth-order valence-corrected chi connectivity index (χ4v) is 2.11. The van der Waals surface area contributed by atoms with Crippen molar-refractivity contribution < 1.29 is 9.90 Å². The second-order valence-electron chi connectivity index (χ2n) is 3.27. The Kier molecular flexibility index (Phi) is 2.96. The van der Waals surface area contributed by atoms with Gasteiger partial charge in [-0.25, -0.2) is 4.79 Å². The Morgan fingerprint density at radius 2 is 2.31 bits per heavy atom. The van der Waals surface area contributed by atoms with Gasteiger partial charge in [-0.3, -0.25) is 0 Å². The first-order valence-corrected chi connectivity index (χ1v) is 5.67. The molecule has 0 aliphatic rings. The minimum Gasteiger partial charge on any atom is -0.477 e. The summed E-state index contributed by atoms with van der Waals surface area (Å²) < 4.78 is 0. The maximum atomic E-state index is 10.7. The van der Waals surface area contributed by atoms with Crippen molar-refractivity contribution in [3.63, 3.8) is 0 Å². The molecule has 0 saturated carbocycles. The topological polar surface area (TPSA) is 63.1 Å². The molecule has 2 aromatic rings. The van der Waals surface area contributed by atoms with Gasteiger partial charge in [0.15, 0.2) is 0 Å². The molecule has 4 nitrogen and oxygen atoms in total. The Bertz CT molecular complexity index is 522. The van der Waals surface area contributed by atoms with E-state index < -0.39 is 5.97 Å². The van der Waals surface area contributed by atoms with Crippen molar-refractivity contribution in [1.29, 1.82) is 0 Å². The van der Waals surface area contributed by atoms with Gasteiger partial charge in [0.2, 0.25) is 0 Å². The van der Waals surface area contributed by atoms with Crippen LogP contribution in [0.15, 0.2) is 24.4 Å². The van der Waals surface area contributed by atoms with Gasteiger partial charge in [0, 0.05) is 0 Å². The Hall–Kier alpha value is -1.75. The molecule has 82 valence electrons. The first kappa shape index (κ1) is 10.8. The maximum Gasteiger partial charge on any atom is 0.345 e. The number of carboxylic acids is 1. The lowest BCUT2D eigenvalue weighted by Crippen LogP contribution is -1.90. The number of thiophene rings is 1. The molecular formula is C11H10N2O2S. The largest absolute Gasteiger partial charge is 0.477 e. The van der Waals surface area contributed by atoms with Gasteiger partial charge in [0.05, 0.1) is 11.1 Å². The van der Waals surface area contributed by atoms with Crippen LogP contribution in [0.3, 0.4) is 0 Å². The Balaban J connectivity index is 2.38.